The predicted octanol–water partition coefficient (Wildman–Crippen LogP) is 3.81. The van der Waals surface area contributed by atoms with Gasteiger partial charge in [-0.2, -0.15) is 5.10 Å². The molecular formula is C15H20ClN3. The second-order valence-electron chi connectivity index (χ2n) is 4.59. The van der Waals surface area contributed by atoms with E-state index in [-0.39, 0.29) is 0 Å². The molecule has 0 bridgehead atoms. The smallest absolute Gasteiger partial charge is 0.0868 e. The van der Waals surface area contributed by atoms with Crippen LogP contribution < -0.4 is 5.32 Å². The van der Waals surface area contributed by atoms with Gasteiger partial charge >= 0.3 is 0 Å². The molecule has 0 unspecified atom stereocenters. The van der Waals surface area contributed by atoms with E-state index in [1.54, 1.807) is 0 Å². The minimum atomic E-state index is 0.688. The molecule has 4 heteroatoms. The lowest BCUT2D eigenvalue weighted by Crippen LogP contribution is -2.05. The molecule has 0 amide bonds. The van der Waals surface area contributed by atoms with Crippen LogP contribution in [0.1, 0.15) is 30.8 Å². The summed E-state index contributed by atoms with van der Waals surface area (Å²) in [5, 5.41) is 8.58. The molecule has 0 saturated carbocycles. The van der Waals surface area contributed by atoms with Gasteiger partial charge in [0, 0.05) is 12.7 Å². The van der Waals surface area contributed by atoms with Gasteiger partial charge in [-0.1, -0.05) is 37.6 Å². The van der Waals surface area contributed by atoms with Crippen molar-refractivity contribution < 1.29 is 0 Å². The van der Waals surface area contributed by atoms with Crippen molar-refractivity contribution in [3.8, 4) is 0 Å². The molecule has 102 valence electrons. The van der Waals surface area contributed by atoms with Crippen LogP contribution in [0.5, 0.6) is 0 Å². The van der Waals surface area contributed by atoms with Crippen molar-refractivity contribution in [1.82, 2.24) is 9.78 Å². The first-order valence-corrected chi connectivity index (χ1v) is 7.06. The summed E-state index contributed by atoms with van der Waals surface area (Å²) in [6.07, 6.45) is 1.92. The van der Waals surface area contributed by atoms with Gasteiger partial charge in [0.25, 0.3) is 0 Å². The summed E-state index contributed by atoms with van der Waals surface area (Å²) < 4.78 is 1.86. The SMILES string of the molecule is CCc1ccc(NCc2c(Cl)c(CC)nn2C)cc1. The number of hydrogen-bond donors (Lipinski definition) is 1. The molecule has 19 heavy (non-hydrogen) atoms. The van der Waals surface area contributed by atoms with E-state index < -0.39 is 0 Å². The molecule has 1 aromatic heterocycles. The number of anilines is 1. The Hall–Kier alpha value is -1.48. The summed E-state index contributed by atoms with van der Waals surface area (Å²) in [4.78, 5) is 0. The van der Waals surface area contributed by atoms with Crippen LogP contribution in [-0.4, -0.2) is 9.78 Å². The third-order valence-corrected chi connectivity index (χ3v) is 3.76. The molecule has 1 N–H and O–H groups in total. The molecule has 2 rings (SSSR count). The first-order chi connectivity index (χ1) is 9.15. The number of aromatic nitrogens is 2. The fourth-order valence-electron chi connectivity index (χ4n) is 2.06. The molecule has 2 aromatic rings. The summed E-state index contributed by atoms with van der Waals surface area (Å²) in [5.41, 5.74) is 4.44. The minimum absolute atomic E-state index is 0.688. The highest BCUT2D eigenvalue weighted by atomic mass is 35.5. The van der Waals surface area contributed by atoms with Gasteiger partial charge < -0.3 is 5.32 Å². The van der Waals surface area contributed by atoms with Crippen molar-refractivity contribution >= 4 is 17.3 Å². The zero-order valence-corrected chi connectivity index (χ0v) is 12.5. The summed E-state index contributed by atoms with van der Waals surface area (Å²) in [7, 11) is 1.93. The molecule has 1 heterocycles. The molecule has 0 aliphatic heterocycles. The average molecular weight is 278 g/mol. The Morgan fingerprint density at radius 2 is 1.84 bits per heavy atom. The lowest BCUT2D eigenvalue weighted by molar-refractivity contribution is 0.707. The standard InChI is InChI=1S/C15H20ClN3/c1-4-11-6-8-12(9-7-11)17-10-14-15(16)13(5-2)18-19(14)3/h6-9,17H,4-5,10H2,1-3H3. The Balaban J connectivity index is 2.07. The van der Waals surface area contributed by atoms with Crippen LogP contribution in [0, 0.1) is 0 Å². The maximum Gasteiger partial charge on any atom is 0.0868 e. The van der Waals surface area contributed by atoms with E-state index in [2.05, 4.69) is 48.5 Å². The van der Waals surface area contributed by atoms with E-state index in [0.717, 1.165) is 34.9 Å². The third-order valence-electron chi connectivity index (χ3n) is 3.33. The fourth-order valence-corrected chi connectivity index (χ4v) is 2.42. The van der Waals surface area contributed by atoms with Gasteiger partial charge in [0.15, 0.2) is 0 Å². The highest BCUT2D eigenvalue weighted by Crippen LogP contribution is 2.22. The first-order valence-electron chi connectivity index (χ1n) is 6.68. The van der Waals surface area contributed by atoms with Crippen LogP contribution in [-0.2, 0) is 26.4 Å². The van der Waals surface area contributed by atoms with Crippen molar-refractivity contribution in [2.45, 2.75) is 33.2 Å². The molecule has 0 fully saturated rings. The second kappa shape index (κ2) is 6.11. The lowest BCUT2D eigenvalue weighted by Gasteiger charge is -2.08. The molecule has 0 radical (unpaired) electrons. The monoisotopic (exact) mass is 277 g/mol. The molecule has 0 aliphatic rings. The van der Waals surface area contributed by atoms with Gasteiger partial charge in [-0.15, -0.1) is 0 Å². The van der Waals surface area contributed by atoms with Crippen molar-refractivity contribution in [3.05, 3.63) is 46.2 Å². The average Bonchev–Trinajstić information content (AvgIpc) is 2.72. The van der Waals surface area contributed by atoms with E-state index in [9.17, 15) is 0 Å². The number of benzene rings is 1. The van der Waals surface area contributed by atoms with E-state index in [4.69, 9.17) is 11.6 Å². The second-order valence-corrected chi connectivity index (χ2v) is 4.97. The van der Waals surface area contributed by atoms with E-state index in [1.807, 2.05) is 11.7 Å². The number of hydrogen-bond acceptors (Lipinski definition) is 2. The van der Waals surface area contributed by atoms with Crippen LogP contribution in [0.3, 0.4) is 0 Å². The zero-order valence-electron chi connectivity index (χ0n) is 11.7. The van der Waals surface area contributed by atoms with Crippen LogP contribution in [0.25, 0.3) is 0 Å². The first kappa shape index (κ1) is 13.9. The van der Waals surface area contributed by atoms with Crippen LogP contribution >= 0.6 is 11.6 Å². The van der Waals surface area contributed by atoms with Gasteiger partial charge in [-0.05, 0) is 30.5 Å². The highest BCUT2D eigenvalue weighted by Gasteiger charge is 2.12. The highest BCUT2D eigenvalue weighted by molar-refractivity contribution is 6.31. The molecule has 0 aliphatic carbocycles. The van der Waals surface area contributed by atoms with Crippen molar-refractivity contribution in [2.75, 3.05) is 5.32 Å². The topological polar surface area (TPSA) is 29.9 Å². The fraction of sp³-hybridized carbons (Fsp3) is 0.400. The Bertz CT molecular complexity index is 543. The molecule has 0 spiro atoms. The van der Waals surface area contributed by atoms with Gasteiger partial charge in [0.2, 0.25) is 0 Å². The number of nitrogens with zero attached hydrogens (tertiary/aromatic N) is 2. The van der Waals surface area contributed by atoms with E-state index in [0.29, 0.717) is 6.54 Å². The lowest BCUT2D eigenvalue weighted by atomic mass is 10.1. The molecule has 1 aromatic carbocycles. The maximum atomic E-state index is 6.32. The number of nitrogens with one attached hydrogen (secondary N) is 1. The van der Waals surface area contributed by atoms with Gasteiger partial charge in [-0.25, -0.2) is 0 Å². The van der Waals surface area contributed by atoms with Crippen molar-refractivity contribution in [2.24, 2.45) is 7.05 Å². The summed E-state index contributed by atoms with van der Waals surface area (Å²) in [6, 6.07) is 8.49. The summed E-state index contributed by atoms with van der Waals surface area (Å²) in [5.74, 6) is 0. The molecule has 0 atom stereocenters. The molecule has 0 saturated heterocycles. The Labute approximate surface area is 119 Å². The Kier molecular flexibility index (Phi) is 4.48. The quantitative estimate of drug-likeness (QED) is 0.901. The van der Waals surface area contributed by atoms with Crippen LogP contribution in [0.4, 0.5) is 5.69 Å². The van der Waals surface area contributed by atoms with Crippen LogP contribution in [0.15, 0.2) is 24.3 Å². The van der Waals surface area contributed by atoms with E-state index in [1.165, 1.54) is 5.56 Å². The number of rotatable bonds is 5. The number of halogens is 1. The molecular weight excluding hydrogens is 258 g/mol. The van der Waals surface area contributed by atoms with Crippen molar-refractivity contribution in [1.29, 1.82) is 0 Å². The van der Waals surface area contributed by atoms with Gasteiger partial charge in [-0.3, -0.25) is 4.68 Å². The summed E-state index contributed by atoms with van der Waals surface area (Å²) >= 11 is 6.32. The zero-order chi connectivity index (χ0) is 13.8. The third kappa shape index (κ3) is 3.10. The largest absolute Gasteiger partial charge is 0.379 e. The molecule has 3 nitrogen and oxygen atoms in total. The maximum absolute atomic E-state index is 6.32. The summed E-state index contributed by atoms with van der Waals surface area (Å²) in [6.45, 7) is 4.91. The predicted molar refractivity (Wildman–Crippen MR) is 80.7 cm³/mol. The van der Waals surface area contributed by atoms with Gasteiger partial charge in [0.05, 0.1) is 23.0 Å². The minimum Gasteiger partial charge on any atom is -0.379 e. The van der Waals surface area contributed by atoms with E-state index >= 15 is 0 Å². The Morgan fingerprint density at radius 1 is 1.16 bits per heavy atom. The Morgan fingerprint density at radius 3 is 2.37 bits per heavy atom. The normalized spacial score (nSPS) is 10.7. The number of aryl methyl sites for hydroxylation is 3. The van der Waals surface area contributed by atoms with Crippen molar-refractivity contribution in [3.63, 3.8) is 0 Å². The van der Waals surface area contributed by atoms with Gasteiger partial charge in [0.1, 0.15) is 0 Å². The van der Waals surface area contributed by atoms with Crippen LogP contribution in [0.2, 0.25) is 5.02 Å².